The Bertz CT molecular complexity index is 581. The highest BCUT2D eigenvalue weighted by Gasteiger charge is 2.38. The first-order chi connectivity index (χ1) is 8.74. The maximum absolute atomic E-state index is 12.3. The lowest BCUT2D eigenvalue weighted by atomic mass is 9.77. The van der Waals surface area contributed by atoms with Crippen molar-refractivity contribution in [3.05, 3.63) is 35.2 Å². The lowest BCUT2D eigenvalue weighted by Crippen LogP contribution is -2.56. The molecule has 0 saturated heterocycles. The van der Waals surface area contributed by atoms with Crippen LogP contribution < -0.4 is 5.32 Å². The zero-order valence-electron chi connectivity index (χ0n) is 9.98. The summed E-state index contributed by atoms with van der Waals surface area (Å²) < 4.78 is 1.12. The Morgan fingerprint density at radius 3 is 2.83 bits per heavy atom. The van der Waals surface area contributed by atoms with E-state index in [1.54, 1.807) is 11.3 Å². The molecule has 0 radical (unpaired) electrons. The molecule has 2 N–H and O–H groups in total. The van der Waals surface area contributed by atoms with Gasteiger partial charge in [-0.1, -0.05) is 18.2 Å². The van der Waals surface area contributed by atoms with E-state index in [0.29, 0.717) is 0 Å². The largest absolute Gasteiger partial charge is 0.394 e. The Kier molecular flexibility index (Phi) is 2.84. The van der Waals surface area contributed by atoms with E-state index in [2.05, 4.69) is 5.32 Å². The minimum Gasteiger partial charge on any atom is -0.394 e. The van der Waals surface area contributed by atoms with Crippen molar-refractivity contribution < 1.29 is 9.90 Å². The minimum atomic E-state index is -0.375. The van der Waals surface area contributed by atoms with Crippen molar-refractivity contribution in [1.82, 2.24) is 5.32 Å². The van der Waals surface area contributed by atoms with Gasteiger partial charge in [-0.3, -0.25) is 4.79 Å². The molecule has 1 aromatic heterocycles. The molecule has 1 saturated carbocycles. The van der Waals surface area contributed by atoms with Crippen LogP contribution >= 0.6 is 11.3 Å². The van der Waals surface area contributed by atoms with E-state index in [4.69, 9.17) is 0 Å². The van der Waals surface area contributed by atoms with Gasteiger partial charge < -0.3 is 10.4 Å². The van der Waals surface area contributed by atoms with Crippen molar-refractivity contribution in [2.45, 2.75) is 24.8 Å². The van der Waals surface area contributed by atoms with Gasteiger partial charge in [-0.25, -0.2) is 0 Å². The molecule has 0 bridgehead atoms. The number of carbonyl (C=O) groups is 1. The molecule has 1 fully saturated rings. The topological polar surface area (TPSA) is 49.3 Å². The fraction of sp³-hybridized carbons (Fsp3) is 0.357. The Morgan fingerprint density at radius 1 is 1.39 bits per heavy atom. The van der Waals surface area contributed by atoms with Gasteiger partial charge in [-0.15, -0.1) is 11.3 Å². The first kappa shape index (κ1) is 11.7. The fourth-order valence-corrected chi connectivity index (χ4v) is 3.33. The Hall–Kier alpha value is -1.39. The summed E-state index contributed by atoms with van der Waals surface area (Å²) in [4.78, 5) is 12.3. The second-order valence-corrected chi connectivity index (χ2v) is 5.80. The van der Waals surface area contributed by atoms with E-state index < -0.39 is 0 Å². The summed E-state index contributed by atoms with van der Waals surface area (Å²) in [6.07, 6.45) is 2.82. The molecule has 1 aliphatic rings. The fourth-order valence-electron chi connectivity index (χ4n) is 2.39. The summed E-state index contributed by atoms with van der Waals surface area (Å²) in [5, 5.41) is 15.3. The van der Waals surface area contributed by atoms with Gasteiger partial charge in [0, 0.05) is 15.5 Å². The smallest absolute Gasteiger partial charge is 0.253 e. The zero-order valence-corrected chi connectivity index (χ0v) is 10.8. The summed E-state index contributed by atoms with van der Waals surface area (Å²) in [7, 11) is 0. The SMILES string of the molecule is O=C(NC1(CO)CCC1)c1csc2ccccc12. The number of amides is 1. The molecule has 0 aliphatic heterocycles. The average Bonchev–Trinajstić information content (AvgIpc) is 2.77. The molecular formula is C14H15NO2S. The highest BCUT2D eigenvalue weighted by Crippen LogP contribution is 2.32. The molecule has 4 heteroatoms. The third-order valence-electron chi connectivity index (χ3n) is 3.72. The Balaban J connectivity index is 1.88. The summed E-state index contributed by atoms with van der Waals surface area (Å²) >= 11 is 1.58. The van der Waals surface area contributed by atoms with Crippen LogP contribution in [0.25, 0.3) is 10.1 Å². The standard InChI is InChI=1S/C14H15NO2S/c16-9-14(6-3-7-14)15-13(17)11-8-18-12-5-2-1-4-10(11)12/h1-2,4-5,8,16H,3,6-7,9H2,(H,15,17). The molecular weight excluding hydrogens is 246 g/mol. The van der Waals surface area contributed by atoms with Gasteiger partial charge in [0.2, 0.25) is 0 Å². The molecule has 0 atom stereocenters. The van der Waals surface area contributed by atoms with Crippen LogP contribution in [0.15, 0.2) is 29.6 Å². The van der Waals surface area contributed by atoms with Gasteiger partial charge in [-0.2, -0.15) is 0 Å². The first-order valence-corrected chi connectivity index (χ1v) is 7.02. The van der Waals surface area contributed by atoms with E-state index >= 15 is 0 Å². The van der Waals surface area contributed by atoms with Gasteiger partial charge in [0.1, 0.15) is 0 Å². The number of aliphatic hydroxyl groups is 1. The van der Waals surface area contributed by atoms with E-state index in [9.17, 15) is 9.90 Å². The van der Waals surface area contributed by atoms with Crippen molar-refractivity contribution in [3.63, 3.8) is 0 Å². The third kappa shape index (κ3) is 1.82. The zero-order chi connectivity index (χ0) is 12.6. The van der Waals surface area contributed by atoms with Gasteiger partial charge in [0.15, 0.2) is 0 Å². The number of benzene rings is 1. The van der Waals surface area contributed by atoms with Crippen LogP contribution in [0, 0.1) is 0 Å². The van der Waals surface area contributed by atoms with Crippen LogP contribution in [0.3, 0.4) is 0 Å². The van der Waals surface area contributed by atoms with Crippen LogP contribution in [0.1, 0.15) is 29.6 Å². The number of rotatable bonds is 3. The third-order valence-corrected chi connectivity index (χ3v) is 4.68. The van der Waals surface area contributed by atoms with E-state index in [-0.39, 0.29) is 18.1 Å². The molecule has 94 valence electrons. The van der Waals surface area contributed by atoms with Crippen molar-refractivity contribution in [3.8, 4) is 0 Å². The van der Waals surface area contributed by atoms with E-state index in [0.717, 1.165) is 34.9 Å². The van der Waals surface area contributed by atoms with Gasteiger partial charge in [0.25, 0.3) is 5.91 Å². The summed E-state index contributed by atoms with van der Waals surface area (Å²) in [5.74, 6) is -0.0683. The Morgan fingerprint density at radius 2 is 2.17 bits per heavy atom. The van der Waals surface area contributed by atoms with Crippen molar-refractivity contribution in [2.75, 3.05) is 6.61 Å². The van der Waals surface area contributed by atoms with Crippen LogP contribution in [0.2, 0.25) is 0 Å². The molecule has 1 aromatic carbocycles. The maximum atomic E-state index is 12.3. The van der Waals surface area contributed by atoms with Crippen LogP contribution in [0.5, 0.6) is 0 Å². The molecule has 3 nitrogen and oxygen atoms in total. The highest BCUT2D eigenvalue weighted by molar-refractivity contribution is 7.17. The van der Waals surface area contributed by atoms with Gasteiger partial charge >= 0.3 is 0 Å². The first-order valence-electron chi connectivity index (χ1n) is 6.14. The Labute approximate surface area is 109 Å². The maximum Gasteiger partial charge on any atom is 0.253 e. The predicted octanol–water partition coefficient (Wildman–Crippen LogP) is 2.55. The van der Waals surface area contributed by atoms with E-state index in [1.165, 1.54) is 0 Å². The van der Waals surface area contributed by atoms with Crippen molar-refractivity contribution in [2.24, 2.45) is 0 Å². The molecule has 2 aromatic rings. The van der Waals surface area contributed by atoms with Gasteiger partial charge in [-0.05, 0) is 25.3 Å². The summed E-state index contributed by atoms with van der Waals surface area (Å²) in [6.45, 7) is 0.0286. The van der Waals surface area contributed by atoms with Crippen LogP contribution in [-0.2, 0) is 0 Å². The second kappa shape index (κ2) is 4.37. The number of thiophene rings is 1. The van der Waals surface area contributed by atoms with Crippen molar-refractivity contribution in [1.29, 1.82) is 0 Å². The number of aliphatic hydroxyl groups excluding tert-OH is 1. The summed E-state index contributed by atoms with van der Waals surface area (Å²) in [6, 6.07) is 7.90. The van der Waals surface area contributed by atoms with Crippen molar-refractivity contribution >= 4 is 27.3 Å². The number of carbonyl (C=O) groups excluding carboxylic acids is 1. The van der Waals surface area contributed by atoms with Crippen LogP contribution in [-0.4, -0.2) is 23.2 Å². The second-order valence-electron chi connectivity index (χ2n) is 4.89. The summed E-state index contributed by atoms with van der Waals surface area (Å²) in [5.41, 5.74) is 0.343. The van der Waals surface area contributed by atoms with E-state index in [1.807, 2.05) is 29.6 Å². The highest BCUT2D eigenvalue weighted by atomic mass is 32.1. The monoisotopic (exact) mass is 261 g/mol. The predicted molar refractivity (Wildman–Crippen MR) is 73.0 cm³/mol. The van der Waals surface area contributed by atoms with Crippen LogP contribution in [0.4, 0.5) is 0 Å². The molecule has 0 unspecified atom stereocenters. The normalized spacial score (nSPS) is 17.4. The number of nitrogens with one attached hydrogen (secondary N) is 1. The molecule has 3 rings (SSSR count). The molecule has 18 heavy (non-hydrogen) atoms. The lowest BCUT2D eigenvalue weighted by molar-refractivity contribution is 0.0643. The molecule has 0 spiro atoms. The number of fused-ring (bicyclic) bond motifs is 1. The number of hydrogen-bond donors (Lipinski definition) is 2. The van der Waals surface area contributed by atoms with Gasteiger partial charge in [0.05, 0.1) is 17.7 Å². The lowest BCUT2D eigenvalue weighted by Gasteiger charge is -2.40. The number of hydrogen-bond acceptors (Lipinski definition) is 3. The molecule has 1 amide bonds. The molecule has 1 aliphatic carbocycles. The molecule has 1 heterocycles. The average molecular weight is 261 g/mol. The minimum absolute atomic E-state index is 0.0286. The quantitative estimate of drug-likeness (QED) is 0.892.